The van der Waals surface area contributed by atoms with E-state index in [9.17, 15) is 18.3 Å². The first-order valence-corrected chi connectivity index (χ1v) is 15.3. The Hall–Kier alpha value is -4.35. The highest BCUT2D eigenvalue weighted by atomic mass is 32.2. The number of benzene rings is 3. The first kappa shape index (κ1) is 29.2. The minimum atomic E-state index is -4.19. The number of nitrogens with one attached hydrogen (secondary N) is 2. The van der Waals surface area contributed by atoms with Gasteiger partial charge in [-0.15, -0.1) is 0 Å². The molecule has 1 aliphatic rings. The second-order valence-corrected chi connectivity index (χ2v) is 12.3. The SMILES string of the molecule is CCC1CC(c2cc([C@@H](Nc3ccc(C(N)=NC)cc3)C(=O)NS(=O)(=O)c3ccc(N)cc3)cc3cc(CO)oc23)C1. The van der Waals surface area contributed by atoms with Crippen LogP contribution in [-0.4, -0.2) is 32.3 Å². The van der Waals surface area contributed by atoms with Gasteiger partial charge in [-0.05, 0) is 103 Å². The van der Waals surface area contributed by atoms with Gasteiger partial charge in [0.05, 0.1) is 4.90 Å². The first-order valence-electron chi connectivity index (χ1n) is 13.8. The largest absolute Gasteiger partial charge is 0.458 e. The Kier molecular flexibility index (Phi) is 8.24. The zero-order chi connectivity index (χ0) is 30.0. The molecule has 10 nitrogen and oxygen atoms in total. The molecule has 1 fully saturated rings. The van der Waals surface area contributed by atoms with E-state index >= 15 is 0 Å². The summed E-state index contributed by atoms with van der Waals surface area (Å²) in [5.41, 5.74) is 15.5. The molecule has 0 saturated heterocycles. The lowest BCUT2D eigenvalue weighted by Crippen LogP contribution is -2.37. The quantitative estimate of drug-likeness (QED) is 0.103. The fraction of sp³-hybridized carbons (Fsp3) is 0.290. The van der Waals surface area contributed by atoms with E-state index in [1.807, 2.05) is 6.07 Å². The van der Waals surface area contributed by atoms with Crippen molar-refractivity contribution in [2.24, 2.45) is 16.6 Å². The molecular weight excluding hydrogens is 554 g/mol. The Morgan fingerprint density at radius 3 is 2.40 bits per heavy atom. The van der Waals surface area contributed by atoms with Gasteiger partial charge in [-0.3, -0.25) is 9.79 Å². The highest BCUT2D eigenvalue weighted by Crippen LogP contribution is 2.46. The van der Waals surface area contributed by atoms with Gasteiger partial charge in [-0.2, -0.15) is 0 Å². The van der Waals surface area contributed by atoms with E-state index in [-0.39, 0.29) is 17.4 Å². The molecule has 0 unspecified atom stereocenters. The van der Waals surface area contributed by atoms with E-state index in [1.165, 1.54) is 24.3 Å². The monoisotopic (exact) mass is 589 g/mol. The van der Waals surface area contributed by atoms with Gasteiger partial charge in [0, 0.05) is 29.4 Å². The number of amides is 1. The molecule has 0 bridgehead atoms. The summed E-state index contributed by atoms with van der Waals surface area (Å²) in [6.45, 7) is 1.91. The highest BCUT2D eigenvalue weighted by Gasteiger charge is 2.33. The summed E-state index contributed by atoms with van der Waals surface area (Å²) in [4.78, 5) is 17.7. The van der Waals surface area contributed by atoms with Gasteiger partial charge in [0.1, 0.15) is 29.8 Å². The van der Waals surface area contributed by atoms with Crippen LogP contribution in [0.1, 0.15) is 60.6 Å². The van der Waals surface area contributed by atoms with Gasteiger partial charge >= 0.3 is 0 Å². The molecule has 1 heterocycles. The van der Waals surface area contributed by atoms with Crippen LogP contribution in [-0.2, 0) is 21.4 Å². The standard InChI is InChI=1S/C31H35N5O5S/c1-3-18-12-20(13-18)27-16-21(14-22-15-25(17-37)41-29(22)27)28(35-24-8-4-19(5-9-24)30(33)34-2)31(38)36-42(39,40)26-10-6-23(32)7-11-26/h4-11,14-16,18,20,28,35,37H,3,12-13,17,32H2,1-2H3,(H2,33,34)(H,36,38)/t18?,20?,28-/m1/s1. The molecule has 11 heteroatoms. The van der Waals surface area contributed by atoms with Crippen LogP contribution in [0.3, 0.4) is 0 Å². The number of fused-ring (bicyclic) bond motifs is 1. The molecule has 1 atom stereocenters. The third kappa shape index (κ3) is 5.97. The van der Waals surface area contributed by atoms with Crippen LogP contribution >= 0.6 is 0 Å². The Morgan fingerprint density at radius 1 is 1.10 bits per heavy atom. The van der Waals surface area contributed by atoms with Crippen molar-refractivity contribution in [3.8, 4) is 0 Å². The molecule has 7 N–H and O–H groups in total. The predicted octanol–water partition coefficient (Wildman–Crippen LogP) is 4.40. The molecule has 1 amide bonds. The molecule has 1 aromatic heterocycles. The maximum atomic E-state index is 13.8. The second-order valence-electron chi connectivity index (χ2n) is 10.6. The molecule has 3 aromatic carbocycles. The molecule has 4 aromatic rings. The average Bonchev–Trinajstić information content (AvgIpc) is 3.38. The fourth-order valence-corrected chi connectivity index (χ4v) is 6.35. The number of aliphatic imine (C=N–C) groups is 1. The molecule has 42 heavy (non-hydrogen) atoms. The van der Waals surface area contributed by atoms with Crippen LogP contribution in [0.2, 0.25) is 0 Å². The van der Waals surface area contributed by atoms with Crippen molar-refractivity contribution in [1.29, 1.82) is 0 Å². The number of carbonyl (C=O) groups is 1. The summed E-state index contributed by atoms with van der Waals surface area (Å²) >= 11 is 0. The number of aliphatic hydroxyl groups excluding tert-OH is 1. The highest BCUT2D eigenvalue weighted by molar-refractivity contribution is 7.90. The molecule has 5 rings (SSSR count). The summed E-state index contributed by atoms with van der Waals surface area (Å²) in [7, 11) is -2.60. The maximum Gasteiger partial charge on any atom is 0.264 e. The third-order valence-electron chi connectivity index (χ3n) is 7.88. The van der Waals surface area contributed by atoms with Gasteiger partial charge in [0.25, 0.3) is 15.9 Å². The molecular formula is C31H35N5O5S. The van der Waals surface area contributed by atoms with E-state index in [1.54, 1.807) is 43.4 Å². The molecule has 0 spiro atoms. The van der Waals surface area contributed by atoms with Crippen molar-refractivity contribution in [3.05, 3.63) is 89.2 Å². The Balaban J connectivity index is 1.56. The van der Waals surface area contributed by atoms with Crippen molar-refractivity contribution in [2.45, 2.75) is 49.6 Å². The van der Waals surface area contributed by atoms with E-state index < -0.39 is 22.0 Å². The summed E-state index contributed by atoms with van der Waals surface area (Å²) in [5, 5.41) is 13.7. The number of nitrogen functional groups attached to an aromatic ring is 1. The number of nitrogens with zero attached hydrogens (tertiary/aromatic N) is 1. The third-order valence-corrected chi connectivity index (χ3v) is 9.24. The lowest BCUT2D eigenvalue weighted by atomic mass is 9.70. The molecule has 1 saturated carbocycles. The molecule has 0 radical (unpaired) electrons. The van der Waals surface area contributed by atoms with Gasteiger partial charge in [0.15, 0.2) is 0 Å². The van der Waals surface area contributed by atoms with Gasteiger partial charge in [-0.1, -0.05) is 13.3 Å². The van der Waals surface area contributed by atoms with E-state index in [0.717, 1.165) is 30.2 Å². The molecule has 1 aliphatic carbocycles. The van der Waals surface area contributed by atoms with E-state index in [0.29, 0.717) is 45.6 Å². The van der Waals surface area contributed by atoms with Gasteiger partial charge in [0.2, 0.25) is 0 Å². The Labute approximate surface area is 244 Å². The summed E-state index contributed by atoms with van der Waals surface area (Å²) < 4.78 is 34.6. The first-order chi connectivity index (χ1) is 20.1. The van der Waals surface area contributed by atoms with Crippen molar-refractivity contribution in [1.82, 2.24) is 4.72 Å². The van der Waals surface area contributed by atoms with Crippen molar-refractivity contribution < 1.29 is 22.7 Å². The number of nitrogens with two attached hydrogens (primary N) is 2. The number of aliphatic hydroxyl groups is 1. The lowest BCUT2D eigenvalue weighted by Gasteiger charge is -2.35. The smallest absolute Gasteiger partial charge is 0.264 e. The van der Waals surface area contributed by atoms with Crippen LogP contribution < -0.4 is 21.5 Å². The minimum Gasteiger partial charge on any atom is -0.458 e. The number of furan rings is 1. The number of hydrogen-bond acceptors (Lipinski definition) is 8. The van der Waals surface area contributed by atoms with Crippen LogP contribution in [0, 0.1) is 5.92 Å². The van der Waals surface area contributed by atoms with Crippen LogP contribution in [0.4, 0.5) is 11.4 Å². The van der Waals surface area contributed by atoms with Gasteiger partial charge in [-0.25, -0.2) is 13.1 Å². The van der Waals surface area contributed by atoms with Crippen molar-refractivity contribution >= 4 is 44.1 Å². The summed E-state index contributed by atoms with van der Waals surface area (Å²) in [6.07, 6.45) is 3.06. The average molecular weight is 590 g/mol. The molecule has 0 aliphatic heterocycles. The maximum absolute atomic E-state index is 13.8. The lowest BCUT2D eigenvalue weighted by molar-refractivity contribution is -0.120. The number of hydrogen-bond donors (Lipinski definition) is 5. The molecule has 220 valence electrons. The second kappa shape index (κ2) is 11.9. The minimum absolute atomic E-state index is 0.0823. The number of amidine groups is 1. The van der Waals surface area contributed by atoms with Gasteiger partial charge < -0.3 is 26.3 Å². The van der Waals surface area contributed by atoms with Crippen LogP contribution in [0.15, 0.2) is 81.0 Å². The van der Waals surface area contributed by atoms with E-state index in [2.05, 4.69) is 22.0 Å². The summed E-state index contributed by atoms with van der Waals surface area (Å²) in [5.74, 6) is 0.863. The normalized spacial score (nSPS) is 17.9. The Morgan fingerprint density at radius 2 is 1.79 bits per heavy atom. The fourth-order valence-electron chi connectivity index (χ4n) is 5.36. The number of carbonyl (C=O) groups excluding carboxylic acids is 1. The van der Waals surface area contributed by atoms with Crippen LogP contribution in [0.25, 0.3) is 11.0 Å². The zero-order valence-corrected chi connectivity index (χ0v) is 24.3. The topological polar surface area (TPSA) is 173 Å². The van der Waals surface area contributed by atoms with Crippen LogP contribution in [0.5, 0.6) is 0 Å². The van der Waals surface area contributed by atoms with E-state index in [4.69, 9.17) is 15.9 Å². The number of anilines is 2. The van der Waals surface area contributed by atoms with Crippen molar-refractivity contribution in [2.75, 3.05) is 18.1 Å². The summed E-state index contributed by atoms with van der Waals surface area (Å²) in [6, 6.07) is 17.0. The van der Waals surface area contributed by atoms with Crippen molar-refractivity contribution in [3.63, 3.8) is 0 Å². The zero-order valence-electron chi connectivity index (χ0n) is 23.5. The number of sulfonamides is 1. The number of rotatable bonds is 10. The predicted molar refractivity (Wildman–Crippen MR) is 164 cm³/mol. The Bertz CT molecular complexity index is 1720.